The van der Waals surface area contributed by atoms with Crippen molar-refractivity contribution in [3.63, 3.8) is 0 Å². The lowest BCUT2D eigenvalue weighted by molar-refractivity contribution is -0.384. The number of fused-ring (bicyclic) bond motifs is 1. The highest BCUT2D eigenvalue weighted by atomic mass is 79.9. The molecule has 2 aromatic carbocycles. The predicted octanol–water partition coefficient (Wildman–Crippen LogP) is 4.83. The molecular formula is C32H29BrN8O5. The van der Waals surface area contributed by atoms with Gasteiger partial charge in [-0.2, -0.15) is 5.10 Å². The molecule has 0 aliphatic rings. The molecule has 3 aromatic heterocycles. The average molecular weight is 686 g/mol. The lowest BCUT2D eigenvalue weighted by Gasteiger charge is -2.19. The molecule has 14 heteroatoms. The predicted molar refractivity (Wildman–Crippen MR) is 175 cm³/mol. The number of amides is 3. The van der Waals surface area contributed by atoms with Crippen LogP contribution in [0.4, 0.5) is 11.5 Å². The number of rotatable bonds is 10. The van der Waals surface area contributed by atoms with E-state index in [9.17, 15) is 24.5 Å². The van der Waals surface area contributed by atoms with Crippen LogP contribution < -0.4 is 16.0 Å². The second-order valence-corrected chi connectivity index (χ2v) is 11.5. The van der Waals surface area contributed by atoms with Gasteiger partial charge in [0.1, 0.15) is 5.69 Å². The summed E-state index contributed by atoms with van der Waals surface area (Å²) < 4.78 is 2.44. The van der Waals surface area contributed by atoms with E-state index in [4.69, 9.17) is 0 Å². The van der Waals surface area contributed by atoms with Crippen molar-refractivity contribution in [1.82, 2.24) is 30.4 Å². The molecule has 0 bridgehead atoms. The zero-order valence-corrected chi connectivity index (χ0v) is 26.7. The van der Waals surface area contributed by atoms with Gasteiger partial charge in [0.25, 0.3) is 11.8 Å². The van der Waals surface area contributed by atoms with E-state index in [0.29, 0.717) is 34.3 Å². The highest BCUT2D eigenvalue weighted by molar-refractivity contribution is 9.10. The molecule has 46 heavy (non-hydrogen) atoms. The van der Waals surface area contributed by atoms with Crippen molar-refractivity contribution in [3.05, 3.63) is 116 Å². The lowest BCUT2D eigenvalue weighted by Crippen LogP contribution is -2.40. The number of pyridine rings is 2. The van der Waals surface area contributed by atoms with Gasteiger partial charge in [-0.15, -0.1) is 0 Å². The Bertz CT molecular complexity index is 1980. The van der Waals surface area contributed by atoms with E-state index in [-0.39, 0.29) is 41.0 Å². The molecule has 0 spiro atoms. The van der Waals surface area contributed by atoms with Crippen LogP contribution in [0.1, 0.15) is 44.1 Å². The van der Waals surface area contributed by atoms with Gasteiger partial charge in [-0.05, 0) is 83.7 Å². The Morgan fingerprint density at radius 1 is 1.02 bits per heavy atom. The zero-order chi connectivity index (χ0) is 33.0. The van der Waals surface area contributed by atoms with Crippen LogP contribution in [0.2, 0.25) is 0 Å². The van der Waals surface area contributed by atoms with Crippen molar-refractivity contribution in [2.75, 3.05) is 12.4 Å². The van der Waals surface area contributed by atoms with Crippen molar-refractivity contribution < 1.29 is 19.3 Å². The van der Waals surface area contributed by atoms with Crippen LogP contribution in [0.3, 0.4) is 0 Å². The second-order valence-electron chi connectivity index (χ2n) is 10.6. The van der Waals surface area contributed by atoms with Gasteiger partial charge in [0.05, 0.1) is 27.9 Å². The summed E-state index contributed by atoms with van der Waals surface area (Å²) in [7, 11) is 1.54. The molecule has 5 aromatic rings. The topological polar surface area (TPSA) is 174 Å². The number of halogens is 1. The summed E-state index contributed by atoms with van der Waals surface area (Å²) in [4.78, 5) is 57.7. The number of nitro groups is 1. The van der Waals surface area contributed by atoms with E-state index in [1.807, 2.05) is 30.3 Å². The van der Waals surface area contributed by atoms with Crippen LogP contribution in [-0.4, -0.2) is 55.5 Å². The molecule has 234 valence electrons. The van der Waals surface area contributed by atoms with E-state index >= 15 is 0 Å². The molecule has 0 saturated heterocycles. The first-order chi connectivity index (χ1) is 22.0. The van der Waals surface area contributed by atoms with Crippen LogP contribution in [0.15, 0.2) is 77.5 Å². The Balaban J connectivity index is 1.36. The summed E-state index contributed by atoms with van der Waals surface area (Å²) >= 11 is 3.35. The minimum Gasteiger partial charge on any atom is -0.359 e. The normalized spacial score (nSPS) is 11.6. The molecule has 5 rings (SSSR count). The van der Waals surface area contributed by atoms with Crippen LogP contribution in [0.5, 0.6) is 0 Å². The van der Waals surface area contributed by atoms with Gasteiger partial charge in [-0.25, -0.2) is 14.6 Å². The van der Waals surface area contributed by atoms with Crippen molar-refractivity contribution in [1.29, 1.82) is 0 Å². The van der Waals surface area contributed by atoms with Crippen molar-refractivity contribution in [3.8, 4) is 5.69 Å². The average Bonchev–Trinajstić information content (AvgIpc) is 3.45. The number of carbonyl (C=O) groups excluding carboxylic acids is 3. The van der Waals surface area contributed by atoms with Crippen LogP contribution in [0.25, 0.3) is 16.6 Å². The first kappa shape index (κ1) is 31.9. The van der Waals surface area contributed by atoms with Crippen molar-refractivity contribution in [2.45, 2.75) is 32.7 Å². The van der Waals surface area contributed by atoms with E-state index in [1.54, 1.807) is 56.2 Å². The molecule has 0 radical (unpaired) electrons. The van der Waals surface area contributed by atoms with Crippen LogP contribution >= 0.6 is 15.9 Å². The van der Waals surface area contributed by atoms with Gasteiger partial charge in [0.15, 0.2) is 0 Å². The largest absolute Gasteiger partial charge is 0.359 e. The third-order valence-corrected chi connectivity index (χ3v) is 7.70. The molecule has 0 unspecified atom stereocenters. The Kier molecular flexibility index (Phi) is 9.47. The number of benzene rings is 2. The van der Waals surface area contributed by atoms with Crippen molar-refractivity contribution >= 4 is 56.1 Å². The first-order valence-electron chi connectivity index (χ1n) is 14.2. The Morgan fingerprint density at radius 2 is 1.78 bits per heavy atom. The molecule has 0 aliphatic heterocycles. The third kappa shape index (κ3) is 7.07. The zero-order valence-electron chi connectivity index (χ0n) is 25.1. The standard InChI is InChI=1S/C32H29BrN8O5/c1-18-13-21(33)16-35-29(18)32(44)38-22(15-28(42)34-3)14-20-8-10-23(11-9-20)40-26-6-4-5-24(25(26)17-36-40)31(43)39-30-27(41(45)46)12-7-19(2)37-30/h4-13,16-17,22H,14-15H2,1-3H3,(H,34,42)(H,38,44)(H,37,39,43)/t22-/m0/s1. The SMILES string of the molecule is CNC(=O)C[C@H](Cc1ccc(-n2ncc3c(C(=O)Nc4nc(C)ccc4[N+](=O)[O-])cccc32)cc1)NC(=O)c1ncc(Br)cc1C. The van der Waals surface area contributed by atoms with Gasteiger partial charge in [0.2, 0.25) is 11.7 Å². The molecule has 3 heterocycles. The Hall–Kier alpha value is -5.50. The summed E-state index contributed by atoms with van der Waals surface area (Å²) in [6.07, 6.45) is 3.58. The maximum Gasteiger partial charge on any atom is 0.311 e. The Morgan fingerprint density at radius 3 is 2.48 bits per heavy atom. The number of aryl methyl sites for hydroxylation is 2. The third-order valence-electron chi connectivity index (χ3n) is 7.27. The minimum atomic E-state index is -0.598. The smallest absolute Gasteiger partial charge is 0.311 e. The number of nitrogens with zero attached hydrogens (tertiary/aromatic N) is 5. The maximum absolute atomic E-state index is 13.2. The molecule has 0 saturated carbocycles. The number of anilines is 1. The summed E-state index contributed by atoms with van der Waals surface area (Å²) in [5.74, 6) is -1.27. The van der Waals surface area contributed by atoms with E-state index in [1.165, 1.54) is 12.1 Å². The molecular weight excluding hydrogens is 656 g/mol. The number of carbonyl (C=O) groups is 3. The summed E-state index contributed by atoms with van der Waals surface area (Å²) in [6.45, 7) is 3.47. The molecule has 13 nitrogen and oxygen atoms in total. The Labute approximate surface area is 271 Å². The quantitative estimate of drug-likeness (QED) is 0.138. The van der Waals surface area contributed by atoms with Gasteiger partial charge in [-0.3, -0.25) is 24.5 Å². The first-order valence-corrected chi connectivity index (χ1v) is 15.0. The van der Waals surface area contributed by atoms with Gasteiger partial charge >= 0.3 is 5.69 Å². The highest BCUT2D eigenvalue weighted by Crippen LogP contribution is 2.26. The molecule has 3 N–H and O–H groups in total. The number of nitrogens with one attached hydrogen (secondary N) is 3. The number of aromatic nitrogens is 4. The van der Waals surface area contributed by atoms with Crippen LogP contribution in [0, 0.1) is 24.0 Å². The van der Waals surface area contributed by atoms with Gasteiger partial charge in [0, 0.05) is 47.3 Å². The summed E-state index contributed by atoms with van der Waals surface area (Å²) in [6, 6.07) is 16.7. The molecule has 0 fully saturated rings. The monoisotopic (exact) mass is 684 g/mol. The van der Waals surface area contributed by atoms with Gasteiger partial charge in [-0.1, -0.05) is 18.2 Å². The maximum atomic E-state index is 13.2. The summed E-state index contributed by atoms with van der Waals surface area (Å²) in [5.41, 5.74) is 3.72. The molecule has 3 amide bonds. The highest BCUT2D eigenvalue weighted by Gasteiger charge is 2.22. The fraction of sp³-hybridized carbons (Fsp3) is 0.188. The van der Waals surface area contributed by atoms with E-state index in [0.717, 1.165) is 10.0 Å². The second kappa shape index (κ2) is 13.6. The number of hydrogen-bond donors (Lipinski definition) is 3. The number of hydrogen-bond acceptors (Lipinski definition) is 8. The minimum absolute atomic E-state index is 0.0788. The van der Waals surface area contributed by atoms with Crippen LogP contribution in [-0.2, 0) is 11.2 Å². The van der Waals surface area contributed by atoms with Crippen molar-refractivity contribution in [2.24, 2.45) is 0 Å². The lowest BCUT2D eigenvalue weighted by atomic mass is 10.0. The fourth-order valence-electron chi connectivity index (χ4n) is 5.01. The van der Waals surface area contributed by atoms with Gasteiger partial charge < -0.3 is 16.0 Å². The molecule has 0 aliphatic carbocycles. The summed E-state index contributed by atoms with van der Waals surface area (Å²) in [5, 5.41) is 24.6. The van der Waals surface area contributed by atoms with E-state index < -0.39 is 16.9 Å². The van der Waals surface area contributed by atoms with E-state index in [2.05, 4.69) is 46.9 Å². The molecule has 1 atom stereocenters. The fourth-order valence-corrected chi connectivity index (χ4v) is 5.45.